The number of carboxylic acid groups (broad SMARTS) is 1. The van der Waals surface area contributed by atoms with Crippen LogP contribution in [0.2, 0.25) is 0 Å². The molecule has 0 N–H and O–H groups in total. The Bertz CT molecular complexity index is 1420. The lowest BCUT2D eigenvalue weighted by Crippen LogP contribution is -2.55. The predicted octanol–water partition coefficient (Wildman–Crippen LogP) is 13.5. The van der Waals surface area contributed by atoms with E-state index in [1.165, 1.54) is 44.9 Å². The fraction of sp³-hybridized carbons (Fsp3) is 0.632. The normalized spacial score (nSPS) is 13.8. The molecule has 0 spiro atoms. The third-order valence-electron chi connectivity index (χ3n) is 10.6. The highest BCUT2D eigenvalue weighted by atomic mass is 16.6. The maximum Gasteiger partial charge on any atom is 0.306 e. The number of quaternary nitrogens is 1. The molecule has 0 saturated heterocycles. The van der Waals surface area contributed by atoms with Crippen LogP contribution in [0.25, 0.3) is 0 Å². The average molecular weight is 904 g/mol. The number of esters is 2. The highest BCUT2D eigenvalue weighted by Gasteiger charge is 2.25. The van der Waals surface area contributed by atoms with Crippen LogP contribution in [0.1, 0.15) is 181 Å². The topological polar surface area (TPSA) is 102 Å². The first kappa shape index (κ1) is 61.0. The minimum atomic E-state index is -1.14. The number of ether oxygens (including phenoxy) is 3. The number of rotatable bonds is 44. The van der Waals surface area contributed by atoms with Gasteiger partial charge in [0.25, 0.3) is 0 Å². The van der Waals surface area contributed by atoms with E-state index in [4.69, 9.17) is 14.2 Å². The molecule has 0 aromatic carbocycles. The fourth-order valence-electron chi connectivity index (χ4n) is 6.73. The lowest BCUT2D eigenvalue weighted by Gasteiger charge is -2.34. The first-order valence-electron chi connectivity index (χ1n) is 25.4. The van der Waals surface area contributed by atoms with Crippen molar-refractivity contribution in [2.45, 2.75) is 193 Å². The lowest BCUT2D eigenvalue weighted by atomic mass is 10.1. The number of carboxylic acids is 1. The largest absolute Gasteiger partial charge is 0.544 e. The zero-order valence-electron chi connectivity index (χ0n) is 41.9. The van der Waals surface area contributed by atoms with E-state index >= 15 is 0 Å². The van der Waals surface area contributed by atoms with E-state index < -0.39 is 18.1 Å². The van der Waals surface area contributed by atoms with Gasteiger partial charge in [0, 0.05) is 19.3 Å². The van der Waals surface area contributed by atoms with Gasteiger partial charge in [0.05, 0.1) is 40.3 Å². The van der Waals surface area contributed by atoms with E-state index in [1.54, 1.807) is 21.1 Å². The molecular formula is C57H93NO7. The van der Waals surface area contributed by atoms with Gasteiger partial charge in [-0.25, -0.2) is 0 Å². The van der Waals surface area contributed by atoms with E-state index in [2.05, 4.69) is 123 Å². The van der Waals surface area contributed by atoms with Gasteiger partial charge in [0.2, 0.25) is 0 Å². The maximum absolute atomic E-state index is 12.8. The van der Waals surface area contributed by atoms with Crippen LogP contribution < -0.4 is 5.11 Å². The SMILES string of the molecule is CC/C=C/C/C=C/C/C=C/C/C=C/CCCCCCCCCC(=O)OCC(COCCC(C(=O)[O-])[N+](C)(C)C)OC(=O)CCCC/C=C/C/C=C/C/C=C/C/C=C/C/C=C/CCCCC. The average Bonchev–Trinajstić information content (AvgIpc) is 3.27. The summed E-state index contributed by atoms with van der Waals surface area (Å²) >= 11 is 0. The van der Waals surface area contributed by atoms with Crippen molar-refractivity contribution in [3.05, 3.63) is 109 Å². The van der Waals surface area contributed by atoms with E-state index in [9.17, 15) is 19.5 Å². The standard InChI is InChI=1S/C57H93NO7/c1-6-8-10-12-14-16-18-20-22-24-26-28-30-32-34-36-38-40-42-44-46-48-56(60)65-53(51-63-50-49-54(57(61)62)58(3,4)5)52-64-55(59)47-45-43-41-39-37-35-33-31-29-27-25-23-21-19-17-15-13-11-9-7-2/h9,11,14-17,20-23,26-29,32,34,38,40,53-54H,6-8,10,12-13,18-19,24-25,30-31,33,35-37,39,41-52H2,1-5H3/b11-9+,16-14+,17-15+,22-20+,23-21+,28-26+,29-27+,34-32+,40-38+. The molecule has 0 aliphatic carbocycles. The Morgan fingerprint density at radius 1 is 0.477 bits per heavy atom. The Kier molecular flexibility index (Phi) is 43.6. The number of unbranched alkanes of at least 4 members (excludes halogenated alkanes) is 12. The van der Waals surface area contributed by atoms with Crippen molar-refractivity contribution in [3.8, 4) is 0 Å². The molecule has 8 heteroatoms. The predicted molar refractivity (Wildman–Crippen MR) is 272 cm³/mol. The lowest BCUT2D eigenvalue weighted by molar-refractivity contribution is -0.889. The Morgan fingerprint density at radius 2 is 0.862 bits per heavy atom. The number of aliphatic carboxylic acids is 1. The molecule has 2 atom stereocenters. The van der Waals surface area contributed by atoms with Crippen molar-refractivity contribution in [1.29, 1.82) is 0 Å². The van der Waals surface area contributed by atoms with Gasteiger partial charge in [0.1, 0.15) is 12.6 Å². The van der Waals surface area contributed by atoms with Crippen LogP contribution in [0.4, 0.5) is 0 Å². The fourth-order valence-corrected chi connectivity index (χ4v) is 6.73. The summed E-state index contributed by atoms with van der Waals surface area (Å²) < 4.78 is 17.2. The Morgan fingerprint density at radius 3 is 1.31 bits per heavy atom. The zero-order chi connectivity index (χ0) is 47.7. The van der Waals surface area contributed by atoms with Crippen molar-refractivity contribution in [1.82, 2.24) is 0 Å². The van der Waals surface area contributed by atoms with E-state index in [1.807, 2.05) is 0 Å². The summed E-state index contributed by atoms with van der Waals surface area (Å²) in [7, 11) is 5.38. The molecule has 0 aliphatic heterocycles. The summed E-state index contributed by atoms with van der Waals surface area (Å²) in [6.45, 7) is 4.45. The van der Waals surface area contributed by atoms with Crippen molar-refractivity contribution < 1.29 is 38.2 Å². The van der Waals surface area contributed by atoms with Crippen molar-refractivity contribution in [3.63, 3.8) is 0 Å². The van der Waals surface area contributed by atoms with Crippen LogP contribution >= 0.6 is 0 Å². The molecule has 0 rings (SSSR count). The highest BCUT2D eigenvalue weighted by Crippen LogP contribution is 2.13. The second kappa shape index (κ2) is 46.5. The molecular weight excluding hydrogens is 811 g/mol. The minimum absolute atomic E-state index is 0.0123. The van der Waals surface area contributed by atoms with Crippen LogP contribution in [0.3, 0.4) is 0 Å². The van der Waals surface area contributed by atoms with Crippen molar-refractivity contribution in [2.24, 2.45) is 0 Å². The third kappa shape index (κ3) is 45.0. The molecule has 368 valence electrons. The molecule has 0 fully saturated rings. The molecule has 65 heavy (non-hydrogen) atoms. The summed E-state index contributed by atoms with van der Waals surface area (Å²) in [5.41, 5.74) is 0. The smallest absolute Gasteiger partial charge is 0.306 e. The molecule has 0 saturated carbocycles. The van der Waals surface area contributed by atoms with Gasteiger partial charge in [-0.1, -0.05) is 168 Å². The summed E-state index contributed by atoms with van der Waals surface area (Å²) in [5.74, 6) is -1.82. The van der Waals surface area contributed by atoms with Crippen LogP contribution in [0.15, 0.2) is 109 Å². The molecule has 0 aliphatic rings. The van der Waals surface area contributed by atoms with Crippen LogP contribution in [0, 0.1) is 0 Å². The highest BCUT2D eigenvalue weighted by molar-refractivity contribution is 5.70. The summed E-state index contributed by atoms with van der Waals surface area (Å²) in [5, 5.41) is 11.7. The number of hydrogen-bond acceptors (Lipinski definition) is 7. The molecule has 0 amide bonds. The van der Waals surface area contributed by atoms with Gasteiger partial charge in [-0.2, -0.15) is 0 Å². The number of carbonyl (C=O) groups excluding carboxylic acids is 3. The second-order valence-corrected chi connectivity index (χ2v) is 17.7. The summed E-state index contributed by atoms with van der Waals surface area (Å²) in [6, 6.07) is -0.743. The molecule has 0 bridgehead atoms. The first-order chi connectivity index (χ1) is 31.6. The Hall–Kier alpha value is -4.01. The van der Waals surface area contributed by atoms with Crippen LogP contribution in [-0.2, 0) is 28.6 Å². The zero-order valence-corrected chi connectivity index (χ0v) is 41.9. The van der Waals surface area contributed by atoms with Gasteiger partial charge < -0.3 is 28.6 Å². The minimum Gasteiger partial charge on any atom is -0.544 e. The van der Waals surface area contributed by atoms with Gasteiger partial charge in [-0.3, -0.25) is 9.59 Å². The monoisotopic (exact) mass is 904 g/mol. The van der Waals surface area contributed by atoms with Crippen LogP contribution in [0.5, 0.6) is 0 Å². The van der Waals surface area contributed by atoms with Gasteiger partial charge in [-0.15, -0.1) is 0 Å². The number of hydrogen-bond donors (Lipinski definition) is 0. The van der Waals surface area contributed by atoms with Crippen molar-refractivity contribution in [2.75, 3.05) is 41.0 Å². The van der Waals surface area contributed by atoms with E-state index in [0.29, 0.717) is 12.8 Å². The van der Waals surface area contributed by atoms with Gasteiger partial charge in [-0.05, 0) is 103 Å². The van der Waals surface area contributed by atoms with Crippen molar-refractivity contribution >= 4 is 17.9 Å². The Labute approximate surface area is 398 Å². The molecule has 0 aromatic heterocycles. The molecule has 0 radical (unpaired) electrons. The second-order valence-electron chi connectivity index (χ2n) is 17.7. The quantitative estimate of drug-likeness (QED) is 0.0260. The Balaban J connectivity index is 4.39. The maximum atomic E-state index is 12.8. The molecule has 2 unspecified atom stereocenters. The molecule has 8 nitrogen and oxygen atoms in total. The summed E-state index contributed by atoms with van der Waals surface area (Å²) in [4.78, 5) is 37.0. The number of allylic oxidation sites excluding steroid dienone is 18. The number of carbonyl (C=O) groups is 3. The van der Waals surface area contributed by atoms with Crippen LogP contribution in [-0.4, -0.2) is 75.5 Å². The third-order valence-corrected chi connectivity index (χ3v) is 10.6. The van der Waals surface area contributed by atoms with E-state index in [-0.39, 0.29) is 49.1 Å². The number of nitrogens with zero attached hydrogens (tertiary/aromatic N) is 1. The number of likely N-dealkylation sites (N-methyl/N-ethyl adjacent to an activating group) is 1. The molecule has 0 heterocycles. The first-order valence-corrected chi connectivity index (χ1v) is 25.4. The van der Waals surface area contributed by atoms with Gasteiger partial charge >= 0.3 is 11.9 Å². The summed E-state index contributed by atoms with van der Waals surface area (Å²) in [6.07, 6.45) is 64.0. The molecule has 0 aromatic rings. The van der Waals surface area contributed by atoms with E-state index in [0.717, 1.165) is 96.3 Å². The van der Waals surface area contributed by atoms with Gasteiger partial charge in [0.15, 0.2) is 6.10 Å².